The van der Waals surface area contributed by atoms with Crippen LogP contribution in [-0.2, 0) is 6.54 Å². The molecule has 1 fully saturated rings. The van der Waals surface area contributed by atoms with Crippen LogP contribution in [0.2, 0.25) is 0 Å². The molecular formula is C16H25NS. The van der Waals surface area contributed by atoms with Crippen molar-refractivity contribution in [2.75, 3.05) is 6.54 Å². The van der Waals surface area contributed by atoms with Crippen LogP contribution in [-0.4, -0.2) is 11.8 Å². The highest BCUT2D eigenvalue weighted by molar-refractivity contribution is 8.00. The summed E-state index contributed by atoms with van der Waals surface area (Å²) in [4.78, 5) is 1.45. The molecule has 0 radical (unpaired) electrons. The lowest BCUT2D eigenvalue weighted by molar-refractivity contribution is 0.702. The molecule has 1 N–H and O–H groups in total. The molecule has 1 nitrogen and oxygen atoms in total. The number of nitrogens with one attached hydrogen (secondary N) is 1. The van der Waals surface area contributed by atoms with E-state index in [2.05, 4.69) is 48.3 Å². The first-order valence-corrected chi connectivity index (χ1v) is 8.23. The Bertz CT molecular complexity index is 325. The predicted molar refractivity (Wildman–Crippen MR) is 81.2 cm³/mol. The van der Waals surface area contributed by atoms with Gasteiger partial charge in [-0.05, 0) is 37.1 Å². The van der Waals surface area contributed by atoms with Gasteiger partial charge in [-0.2, -0.15) is 0 Å². The van der Waals surface area contributed by atoms with Gasteiger partial charge in [-0.25, -0.2) is 0 Å². The highest BCUT2D eigenvalue weighted by Gasteiger charge is 2.13. The Kier molecular flexibility index (Phi) is 6.09. The maximum Gasteiger partial charge on any atom is 0.0205 e. The Morgan fingerprint density at radius 3 is 2.33 bits per heavy atom. The second kappa shape index (κ2) is 7.85. The SMILES string of the molecule is CCNCc1ccc(SC2CCCCCC2)cc1. The molecule has 0 saturated heterocycles. The van der Waals surface area contributed by atoms with Crippen molar-refractivity contribution in [3.63, 3.8) is 0 Å². The number of hydrogen-bond acceptors (Lipinski definition) is 2. The van der Waals surface area contributed by atoms with Gasteiger partial charge in [0.2, 0.25) is 0 Å². The van der Waals surface area contributed by atoms with E-state index in [4.69, 9.17) is 0 Å². The van der Waals surface area contributed by atoms with E-state index < -0.39 is 0 Å². The van der Waals surface area contributed by atoms with Gasteiger partial charge in [-0.3, -0.25) is 0 Å². The Morgan fingerprint density at radius 2 is 1.72 bits per heavy atom. The first-order chi connectivity index (χ1) is 8.88. The maximum absolute atomic E-state index is 3.37. The molecule has 1 aromatic carbocycles. The molecule has 0 unspecified atom stereocenters. The molecule has 1 aromatic rings. The molecule has 0 aliphatic heterocycles. The van der Waals surface area contributed by atoms with E-state index in [1.807, 2.05) is 0 Å². The normalized spacial score (nSPS) is 17.6. The molecular weight excluding hydrogens is 238 g/mol. The van der Waals surface area contributed by atoms with Crippen LogP contribution in [0.3, 0.4) is 0 Å². The number of rotatable bonds is 5. The molecule has 0 bridgehead atoms. The smallest absolute Gasteiger partial charge is 0.0205 e. The summed E-state index contributed by atoms with van der Waals surface area (Å²) >= 11 is 2.09. The minimum Gasteiger partial charge on any atom is -0.313 e. The van der Waals surface area contributed by atoms with E-state index in [0.717, 1.165) is 18.3 Å². The molecule has 0 spiro atoms. The second-order valence-corrected chi connectivity index (χ2v) is 6.53. The van der Waals surface area contributed by atoms with Crippen LogP contribution < -0.4 is 5.32 Å². The van der Waals surface area contributed by atoms with Crippen molar-refractivity contribution in [1.29, 1.82) is 0 Å². The lowest BCUT2D eigenvalue weighted by Crippen LogP contribution is -2.11. The minimum absolute atomic E-state index is 0.854. The van der Waals surface area contributed by atoms with Gasteiger partial charge in [0.25, 0.3) is 0 Å². The summed E-state index contributed by atoms with van der Waals surface area (Å²) in [5, 5.41) is 4.22. The molecule has 2 rings (SSSR count). The fourth-order valence-electron chi connectivity index (χ4n) is 2.51. The number of hydrogen-bond donors (Lipinski definition) is 1. The Labute approximate surface area is 116 Å². The van der Waals surface area contributed by atoms with Crippen molar-refractivity contribution in [3.8, 4) is 0 Å². The Hall–Kier alpha value is -0.470. The summed E-state index contributed by atoms with van der Waals surface area (Å²) in [6.07, 6.45) is 8.55. The molecule has 1 aliphatic carbocycles. The Morgan fingerprint density at radius 1 is 1.06 bits per heavy atom. The van der Waals surface area contributed by atoms with Crippen LogP contribution in [0.25, 0.3) is 0 Å². The lowest BCUT2D eigenvalue weighted by Gasteiger charge is -2.13. The highest BCUT2D eigenvalue weighted by Crippen LogP contribution is 2.32. The van der Waals surface area contributed by atoms with Gasteiger partial charge in [0, 0.05) is 16.7 Å². The third kappa shape index (κ3) is 4.66. The number of thioether (sulfide) groups is 1. The molecule has 0 heterocycles. The Balaban J connectivity index is 1.84. The largest absolute Gasteiger partial charge is 0.313 e. The van der Waals surface area contributed by atoms with Crippen LogP contribution in [0.1, 0.15) is 51.0 Å². The zero-order valence-corrected chi connectivity index (χ0v) is 12.3. The van der Waals surface area contributed by atoms with Gasteiger partial charge in [-0.1, -0.05) is 44.7 Å². The summed E-state index contributed by atoms with van der Waals surface area (Å²) in [6, 6.07) is 9.12. The maximum atomic E-state index is 3.37. The van der Waals surface area contributed by atoms with Gasteiger partial charge in [0.05, 0.1) is 0 Å². The van der Waals surface area contributed by atoms with Crippen LogP contribution in [0.15, 0.2) is 29.2 Å². The molecule has 0 atom stereocenters. The quantitative estimate of drug-likeness (QED) is 0.779. The summed E-state index contributed by atoms with van der Waals surface area (Å²) in [6.45, 7) is 4.18. The van der Waals surface area contributed by atoms with E-state index in [0.29, 0.717) is 0 Å². The van der Waals surface area contributed by atoms with Gasteiger partial charge in [0.15, 0.2) is 0 Å². The van der Waals surface area contributed by atoms with Crippen LogP contribution >= 0.6 is 11.8 Å². The predicted octanol–water partition coefficient (Wildman–Crippen LogP) is 4.61. The summed E-state index contributed by atoms with van der Waals surface area (Å²) in [7, 11) is 0. The zero-order valence-electron chi connectivity index (χ0n) is 11.5. The van der Waals surface area contributed by atoms with Crippen molar-refractivity contribution in [1.82, 2.24) is 5.32 Å². The molecule has 18 heavy (non-hydrogen) atoms. The average Bonchev–Trinajstić information content (AvgIpc) is 2.67. The first-order valence-electron chi connectivity index (χ1n) is 7.35. The summed E-state index contributed by atoms with van der Waals surface area (Å²) < 4.78 is 0. The van der Waals surface area contributed by atoms with E-state index in [1.54, 1.807) is 0 Å². The minimum atomic E-state index is 0.854. The molecule has 100 valence electrons. The standard InChI is InChI=1S/C16H25NS/c1-2-17-13-14-9-11-16(12-10-14)18-15-7-5-3-4-6-8-15/h9-12,15,17H,2-8,13H2,1H3. The first kappa shape index (κ1) is 14.0. The third-order valence-corrected chi connectivity index (χ3v) is 4.96. The summed E-state index contributed by atoms with van der Waals surface area (Å²) in [5.41, 5.74) is 1.39. The van der Waals surface area contributed by atoms with E-state index in [-0.39, 0.29) is 0 Å². The molecule has 2 heteroatoms. The fraction of sp³-hybridized carbons (Fsp3) is 0.625. The summed E-state index contributed by atoms with van der Waals surface area (Å²) in [5.74, 6) is 0. The van der Waals surface area contributed by atoms with Gasteiger partial charge in [-0.15, -0.1) is 11.8 Å². The molecule has 0 amide bonds. The van der Waals surface area contributed by atoms with Crippen molar-refractivity contribution < 1.29 is 0 Å². The lowest BCUT2D eigenvalue weighted by atomic mass is 10.2. The van der Waals surface area contributed by atoms with Gasteiger partial charge >= 0.3 is 0 Å². The van der Waals surface area contributed by atoms with E-state index in [1.165, 1.54) is 49.0 Å². The van der Waals surface area contributed by atoms with Crippen molar-refractivity contribution >= 4 is 11.8 Å². The number of benzene rings is 1. The van der Waals surface area contributed by atoms with E-state index in [9.17, 15) is 0 Å². The van der Waals surface area contributed by atoms with Crippen molar-refractivity contribution in [3.05, 3.63) is 29.8 Å². The van der Waals surface area contributed by atoms with Crippen LogP contribution in [0.4, 0.5) is 0 Å². The van der Waals surface area contributed by atoms with Crippen molar-refractivity contribution in [2.45, 2.75) is 62.1 Å². The van der Waals surface area contributed by atoms with Crippen molar-refractivity contribution in [2.24, 2.45) is 0 Å². The van der Waals surface area contributed by atoms with Gasteiger partial charge in [0.1, 0.15) is 0 Å². The van der Waals surface area contributed by atoms with Crippen LogP contribution in [0, 0.1) is 0 Å². The van der Waals surface area contributed by atoms with Crippen LogP contribution in [0.5, 0.6) is 0 Å². The second-order valence-electron chi connectivity index (χ2n) is 5.16. The zero-order chi connectivity index (χ0) is 12.6. The molecule has 0 aromatic heterocycles. The van der Waals surface area contributed by atoms with E-state index >= 15 is 0 Å². The van der Waals surface area contributed by atoms with Gasteiger partial charge < -0.3 is 5.32 Å². The molecule has 1 saturated carbocycles. The topological polar surface area (TPSA) is 12.0 Å². The monoisotopic (exact) mass is 263 g/mol. The fourth-order valence-corrected chi connectivity index (χ4v) is 3.75. The third-order valence-electron chi connectivity index (χ3n) is 3.61. The average molecular weight is 263 g/mol. The highest BCUT2D eigenvalue weighted by atomic mass is 32.2. The molecule has 1 aliphatic rings.